The highest BCUT2D eigenvalue weighted by atomic mass is 32.2. The fraction of sp³-hybridized carbons (Fsp3) is 0.304. The van der Waals surface area contributed by atoms with Gasteiger partial charge in [0.25, 0.3) is 10.1 Å². The van der Waals surface area contributed by atoms with E-state index in [1.165, 1.54) is 12.7 Å². The molecule has 1 saturated heterocycles. The average Bonchev–Trinajstić information content (AvgIpc) is 3.62. The molecule has 11 heteroatoms. The molecule has 3 heterocycles. The largest absolute Gasteiger partial charge is 0.368 e. The van der Waals surface area contributed by atoms with E-state index in [2.05, 4.69) is 20.2 Å². The van der Waals surface area contributed by atoms with Gasteiger partial charge in [-0.05, 0) is 43.2 Å². The second kappa shape index (κ2) is 9.09. The van der Waals surface area contributed by atoms with Crippen LogP contribution < -0.4 is 0 Å². The molecule has 10 nitrogen and oxygen atoms in total. The highest BCUT2D eigenvalue weighted by molar-refractivity contribution is 7.86. The van der Waals surface area contributed by atoms with Crippen molar-refractivity contribution in [1.82, 2.24) is 29.5 Å². The molecule has 0 amide bonds. The number of aromatic nitrogens is 6. The van der Waals surface area contributed by atoms with Crippen molar-refractivity contribution in [2.45, 2.75) is 30.4 Å². The molecule has 5 rings (SSSR count). The van der Waals surface area contributed by atoms with Crippen LogP contribution in [0.3, 0.4) is 0 Å². The molecule has 1 aliphatic heterocycles. The monoisotopic (exact) mass is 480 g/mol. The third-order valence-corrected chi connectivity index (χ3v) is 7.24. The Morgan fingerprint density at radius 2 is 1.76 bits per heavy atom. The fourth-order valence-corrected chi connectivity index (χ4v) is 5.14. The molecule has 0 spiro atoms. The molecule has 34 heavy (non-hydrogen) atoms. The van der Waals surface area contributed by atoms with Crippen molar-refractivity contribution in [2.24, 2.45) is 5.92 Å². The molecule has 2 aromatic heterocycles. The van der Waals surface area contributed by atoms with Crippen molar-refractivity contribution in [3.8, 4) is 5.69 Å². The van der Waals surface area contributed by atoms with E-state index in [0.717, 1.165) is 16.8 Å². The van der Waals surface area contributed by atoms with E-state index in [0.29, 0.717) is 19.6 Å². The molecular weight excluding hydrogens is 456 g/mol. The topological polar surface area (TPSA) is 114 Å². The molecule has 0 radical (unpaired) electrons. The van der Waals surface area contributed by atoms with Gasteiger partial charge in [0.15, 0.2) is 0 Å². The predicted molar refractivity (Wildman–Crippen MR) is 121 cm³/mol. The van der Waals surface area contributed by atoms with Crippen LogP contribution in [0.4, 0.5) is 0 Å². The van der Waals surface area contributed by atoms with Gasteiger partial charge in [0.05, 0.1) is 30.3 Å². The molecule has 0 unspecified atom stereocenters. The zero-order valence-corrected chi connectivity index (χ0v) is 19.4. The Balaban J connectivity index is 1.34. The van der Waals surface area contributed by atoms with Crippen LogP contribution in [-0.2, 0) is 31.2 Å². The molecule has 2 aromatic carbocycles. The van der Waals surface area contributed by atoms with Crippen molar-refractivity contribution in [3.05, 3.63) is 85.0 Å². The lowest BCUT2D eigenvalue weighted by atomic mass is 9.87. The van der Waals surface area contributed by atoms with Gasteiger partial charge in [0.1, 0.15) is 30.9 Å². The highest BCUT2D eigenvalue weighted by Crippen LogP contribution is 2.41. The van der Waals surface area contributed by atoms with Gasteiger partial charge in [0, 0.05) is 5.92 Å². The molecule has 4 aromatic rings. The first-order chi connectivity index (χ1) is 16.4. The summed E-state index contributed by atoms with van der Waals surface area (Å²) in [5.74, 6) is -0.112. The van der Waals surface area contributed by atoms with Gasteiger partial charge < -0.3 is 4.74 Å². The summed E-state index contributed by atoms with van der Waals surface area (Å²) in [6, 6.07) is 14.5. The fourth-order valence-electron chi connectivity index (χ4n) is 4.17. The third-order valence-electron chi connectivity index (χ3n) is 5.94. The number of benzene rings is 2. The van der Waals surface area contributed by atoms with Gasteiger partial charge in [-0.1, -0.05) is 29.8 Å². The zero-order chi connectivity index (χ0) is 23.6. The van der Waals surface area contributed by atoms with E-state index >= 15 is 0 Å². The van der Waals surface area contributed by atoms with Gasteiger partial charge in [-0.15, -0.1) is 0 Å². The molecule has 0 N–H and O–H groups in total. The molecular formula is C23H24N6O4S. The van der Waals surface area contributed by atoms with Crippen LogP contribution in [0.5, 0.6) is 0 Å². The SMILES string of the molecule is Cc1ccc(S(=O)(=O)OC[C@@H]2CO[C@@](Cn3cncn3)(c3ccc(-n4cncn4)cc3)C2)cc1. The molecule has 1 aliphatic rings. The van der Waals surface area contributed by atoms with E-state index < -0.39 is 15.7 Å². The number of hydrogen-bond donors (Lipinski definition) is 0. The van der Waals surface area contributed by atoms with Gasteiger partial charge >= 0.3 is 0 Å². The van der Waals surface area contributed by atoms with Crippen molar-refractivity contribution >= 4 is 10.1 Å². The van der Waals surface area contributed by atoms with E-state index in [-0.39, 0.29) is 17.4 Å². The average molecular weight is 481 g/mol. The Morgan fingerprint density at radius 1 is 1.03 bits per heavy atom. The van der Waals surface area contributed by atoms with Crippen LogP contribution in [0.15, 0.2) is 78.7 Å². The Bertz CT molecular complexity index is 1320. The van der Waals surface area contributed by atoms with E-state index in [9.17, 15) is 8.42 Å². The summed E-state index contributed by atoms with van der Waals surface area (Å²) < 4.78 is 40.4. The van der Waals surface area contributed by atoms with Crippen LogP contribution >= 0.6 is 0 Å². The molecule has 0 aliphatic carbocycles. The second-order valence-corrected chi connectivity index (χ2v) is 10.0. The molecule has 2 atom stereocenters. The lowest BCUT2D eigenvalue weighted by molar-refractivity contribution is -0.0179. The van der Waals surface area contributed by atoms with Gasteiger partial charge in [-0.25, -0.2) is 19.3 Å². The van der Waals surface area contributed by atoms with Crippen LogP contribution in [0.2, 0.25) is 0 Å². The minimum Gasteiger partial charge on any atom is -0.368 e. The van der Waals surface area contributed by atoms with E-state index in [1.54, 1.807) is 46.3 Å². The summed E-state index contributed by atoms with van der Waals surface area (Å²) in [5.41, 5.74) is 2.11. The molecule has 176 valence electrons. The number of ether oxygens (including phenoxy) is 1. The second-order valence-electron chi connectivity index (χ2n) is 8.41. The Kier molecular flexibility index (Phi) is 5.98. The van der Waals surface area contributed by atoms with Crippen LogP contribution in [0.1, 0.15) is 17.5 Å². The summed E-state index contributed by atoms with van der Waals surface area (Å²) in [7, 11) is -3.85. The third kappa shape index (κ3) is 4.63. The number of rotatable bonds is 8. The van der Waals surface area contributed by atoms with Crippen molar-refractivity contribution in [2.75, 3.05) is 13.2 Å². The van der Waals surface area contributed by atoms with Crippen LogP contribution in [0, 0.1) is 12.8 Å². The van der Waals surface area contributed by atoms with Crippen LogP contribution in [-0.4, -0.2) is 51.2 Å². The van der Waals surface area contributed by atoms with Crippen molar-refractivity contribution in [3.63, 3.8) is 0 Å². The van der Waals surface area contributed by atoms with Crippen molar-refractivity contribution < 1.29 is 17.3 Å². The summed E-state index contributed by atoms with van der Waals surface area (Å²) in [5, 5.41) is 8.40. The smallest absolute Gasteiger partial charge is 0.296 e. The minimum absolute atomic E-state index is 0.0341. The number of nitrogens with zero attached hydrogens (tertiary/aromatic N) is 6. The maximum absolute atomic E-state index is 12.6. The maximum atomic E-state index is 12.6. The first-order valence-electron chi connectivity index (χ1n) is 10.8. The lowest BCUT2D eigenvalue weighted by Crippen LogP contribution is -2.31. The highest BCUT2D eigenvalue weighted by Gasteiger charge is 2.43. The summed E-state index contributed by atoms with van der Waals surface area (Å²) in [4.78, 5) is 8.17. The molecule has 1 fully saturated rings. The van der Waals surface area contributed by atoms with E-state index in [4.69, 9.17) is 8.92 Å². The summed E-state index contributed by atoms with van der Waals surface area (Å²) >= 11 is 0. The lowest BCUT2D eigenvalue weighted by Gasteiger charge is -2.29. The number of aryl methyl sites for hydroxylation is 1. The Labute approximate surface area is 197 Å². The zero-order valence-electron chi connectivity index (χ0n) is 18.6. The Morgan fingerprint density at radius 3 is 2.44 bits per heavy atom. The summed E-state index contributed by atoms with van der Waals surface area (Å²) in [6.45, 7) is 2.74. The first-order valence-corrected chi connectivity index (χ1v) is 12.2. The normalized spacial score (nSPS) is 20.6. The summed E-state index contributed by atoms with van der Waals surface area (Å²) in [6.07, 6.45) is 6.80. The predicted octanol–water partition coefficient (Wildman–Crippen LogP) is 2.50. The quantitative estimate of drug-likeness (QED) is 0.354. The van der Waals surface area contributed by atoms with Crippen LogP contribution in [0.25, 0.3) is 5.69 Å². The number of hydrogen-bond acceptors (Lipinski definition) is 8. The molecule has 0 bridgehead atoms. The van der Waals surface area contributed by atoms with E-state index in [1.807, 2.05) is 31.2 Å². The van der Waals surface area contributed by atoms with Gasteiger partial charge in [-0.2, -0.15) is 18.6 Å². The standard InChI is InChI=1S/C23H24N6O4S/c1-18-2-8-22(9-3-18)34(30,31)33-12-19-10-23(32-11-19,13-28-16-24-14-26-28)20-4-6-21(7-5-20)29-17-25-15-27-29/h2-9,14-17,19H,10-13H2,1H3/t19-,23-/m0/s1. The van der Waals surface area contributed by atoms with Gasteiger partial charge in [-0.3, -0.25) is 4.18 Å². The Hall–Kier alpha value is -3.41. The maximum Gasteiger partial charge on any atom is 0.296 e. The first kappa shape index (κ1) is 22.4. The molecule has 0 saturated carbocycles. The van der Waals surface area contributed by atoms with Gasteiger partial charge in [0.2, 0.25) is 0 Å². The van der Waals surface area contributed by atoms with Crippen molar-refractivity contribution in [1.29, 1.82) is 0 Å². The minimum atomic E-state index is -3.85.